The Bertz CT molecular complexity index is 872. The number of aromatic amines is 1. The molecule has 1 aromatic carbocycles. The van der Waals surface area contributed by atoms with Crippen LogP contribution in [0.25, 0.3) is 0 Å². The van der Waals surface area contributed by atoms with Gasteiger partial charge in [-0.15, -0.1) is 0 Å². The van der Waals surface area contributed by atoms with Gasteiger partial charge in [0.2, 0.25) is 0 Å². The number of amides is 3. The van der Waals surface area contributed by atoms with E-state index in [0.717, 1.165) is 34.7 Å². The molecule has 1 fully saturated rings. The van der Waals surface area contributed by atoms with E-state index in [0.29, 0.717) is 12.0 Å². The first-order valence-electron chi connectivity index (χ1n) is 9.28. The fourth-order valence-electron chi connectivity index (χ4n) is 3.69. The molecular formula is C21H25N3O3. The number of urea groups is 1. The highest BCUT2D eigenvalue weighted by molar-refractivity contribution is 6.11. The molecule has 2 aromatic rings. The summed E-state index contributed by atoms with van der Waals surface area (Å²) in [6.45, 7) is 5.45. The van der Waals surface area contributed by atoms with Crippen molar-refractivity contribution in [3.05, 3.63) is 58.9 Å². The first-order valence-corrected chi connectivity index (χ1v) is 9.28. The molecule has 1 atom stereocenters. The Balaban J connectivity index is 1.90. The third-order valence-corrected chi connectivity index (χ3v) is 5.10. The number of rotatable bonds is 7. The maximum atomic E-state index is 13.3. The monoisotopic (exact) mass is 367 g/mol. The van der Waals surface area contributed by atoms with Gasteiger partial charge >= 0.3 is 6.03 Å². The number of hydrogen-bond donors (Lipinski definition) is 2. The van der Waals surface area contributed by atoms with Crippen LogP contribution in [0.5, 0.6) is 0 Å². The van der Waals surface area contributed by atoms with Crippen LogP contribution in [0.1, 0.15) is 53.5 Å². The van der Waals surface area contributed by atoms with Crippen molar-refractivity contribution in [2.75, 3.05) is 6.54 Å². The zero-order chi connectivity index (χ0) is 19.6. The van der Waals surface area contributed by atoms with E-state index in [9.17, 15) is 14.4 Å². The molecule has 1 aromatic heterocycles. The fraction of sp³-hybridized carbons (Fsp3) is 0.381. The number of nitrogens with zero attached hydrogens (tertiary/aromatic N) is 1. The van der Waals surface area contributed by atoms with Crippen LogP contribution >= 0.6 is 0 Å². The maximum absolute atomic E-state index is 13.3. The molecule has 1 saturated heterocycles. The minimum Gasteiger partial charge on any atom is -0.362 e. The predicted molar refractivity (Wildman–Crippen MR) is 102 cm³/mol. The Morgan fingerprint density at radius 1 is 1.15 bits per heavy atom. The minimum atomic E-state index is -1.10. The van der Waals surface area contributed by atoms with Crippen LogP contribution in [0.4, 0.5) is 4.79 Å². The molecule has 3 rings (SSSR count). The average molecular weight is 367 g/mol. The van der Waals surface area contributed by atoms with Gasteiger partial charge < -0.3 is 10.3 Å². The van der Waals surface area contributed by atoms with Crippen molar-refractivity contribution < 1.29 is 14.4 Å². The Hall–Kier alpha value is -2.89. The van der Waals surface area contributed by atoms with Crippen LogP contribution in [0, 0.1) is 13.8 Å². The summed E-state index contributed by atoms with van der Waals surface area (Å²) in [5.74, 6) is -0.606. The zero-order valence-electron chi connectivity index (χ0n) is 16.0. The molecule has 27 heavy (non-hydrogen) atoms. The molecule has 6 nitrogen and oxygen atoms in total. The molecular weight excluding hydrogens is 342 g/mol. The van der Waals surface area contributed by atoms with Gasteiger partial charge in [-0.25, -0.2) is 4.79 Å². The van der Waals surface area contributed by atoms with Gasteiger partial charge in [0, 0.05) is 17.0 Å². The van der Waals surface area contributed by atoms with Crippen LogP contribution in [-0.2, 0) is 10.3 Å². The van der Waals surface area contributed by atoms with E-state index >= 15 is 0 Å². The minimum absolute atomic E-state index is 0.250. The van der Waals surface area contributed by atoms with Gasteiger partial charge in [-0.05, 0) is 31.9 Å². The van der Waals surface area contributed by atoms with Gasteiger partial charge in [0.15, 0.2) is 5.78 Å². The first kappa shape index (κ1) is 18.9. The van der Waals surface area contributed by atoms with Crippen LogP contribution < -0.4 is 5.32 Å². The van der Waals surface area contributed by atoms with Crippen LogP contribution in [0.2, 0.25) is 0 Å². The Kier molecular flexibility index (Phi) is 5.17. The summed E-state index contributed by atoms with van der Waals surface area (Å²) in [5.41, 5.74) is 1.77. The summed E-state index contributed by atoms with van der Waals surface area (Å²) in [6, 6.07) is 10.5. The quantitative estimate of drug-likeness (QED) is 0.581. The van der Waals surface area contributed by atoms with Crippen molar-refractivity contribution in [2.45, 2.75) is 45.6 Å². The summed E-state index contributed by atoms with van der Waals surface area (Å²) < 4.78 is 0. The lowest BCUT2D eigenvalue weighted by atomic mass is 9.85. The number of ketones is 1. The number of aromatic nitrogens is 1. The van der Waals surface area contributed by atoms with E-state index in [1.165, 1.54) is 0 Å². The molecule has 0 spiro atoms. The predicted octanol–water partition coefficient (Wildman–Crippen LogP) is 3.45. The zero-order valence-corrected chi connectivity index (χ0v) is 16.0. The topological polar surface area (TPSA) is 82.3 Å². The maximum Gasteiger partial charge on any atom is 0.325 e. The SMILES string of the molecule is CCCCC1(c2ccccc2)NC(=O)N(CC(=O)c2cc(C)[nH]c2C)C1=O. The molecule has 2 heterocycles. The van der Waals surface area contributed by atoms with Crippen molar-refractivity contribution in [2.24, 2.45) is 0 Å². The highest BCUT2D eigenvalue weighted by atomic mass is 16.2. The summed E-state index contributed by atoms with van der Waals surface area (Å²) in [5, 5.41) is 2.87. The molecule has 2 N–H and O–H groups in total. The lowest BCUT2D eigenvalue weighted by molar-refractivity contribution is -0.131. The summed E-state index contributed by atoms with van der Waals surface area (Å²) in [6.07, 6.45) is 2.20. The first-order chi connectivity index (χ1) is 12.9. The Labute approximate surface area is 159 Å². The van der Waals surface area contributed by atoms with Gasteiger partial charge in [-0.1, -0.05) is 50.1 Å². The number of carbonyl (C=O) groups excluding carboxylic acids is 3. The second kappa shape index (κ2) is 7.39. The van der Waals surface area contributed by atoms with Gasteiger partial charge in [-0.3, -0.25) is 14.5 Å². The van der Waals surface area contributed by atoms with Crippen molar-refractivity contribution >= 4 is 17.7 Å². The number of aryl methyl sites for hydroxylation is 2. The number of benzene rings is 1. The lowest BCUT2D eigenvalue weighted by Gasteiger charge is -2.27. The molecule has 0 saturated carbocycles. The lowest BCUT2D eigenvalue weighted by Crippen LogP contribution is -2.44. The van der Waals surface area contributed by atoms with E-state index in [1.807, 2.05) is 51.1 Å². The summed E-state index contributed by atoms with van der Waals surface area (Å²) >= 11 is 0. The Morgan fingerprint density at radius 2 is 1.85 bits per heavy atom. The second-order valence-electron chi connectivity index (χ2n) is 7.11. The number of nitrogens with one attached hydrogen (secondary N) is 2. The number of H-pyrrole nitrogens is 1. The van der Waals surface area contributed by atoms with E-state index in [4.69, 9.17) is 0 Å². The summed E-state index contributed by atoms with van der Waals surface area (Å²) in [7, 11) is 0. The fourth-order valence-corrected chi connectivity index (χ4v) is 3.69. The standard InChI is InChI=1S/C21H25N3O3/c1-4-5-11-21(16-9-7-6-8-10-16)19(26)24(20(27)23-21)13-18(25)17-12-14(2)22-15(17)3/h6-10,12,22H,4-5,11,13H2,1-3H3,(H,23,27). The molecule has 0 radical (unpaired) electrons. The largest absolute Gasteiger partial charge is 0.362 e. The van der Waals surface area contributed by atoms with Gasteiger partial charge in [0.1, 0.15) is 5.54 Å². The van der Waals surface area contributed by atoms with Crippen molar-refractivity contribution in [1.82, 2.24) is 15.2 Å². The number of unbranched alkanes of at least 4 members (excludes halogenated alkanes) is 1. The van der Waals surface area contributed by atoms with E-state index in [2.05, 4.69) is 10.3 Å². The number of hydrogen-bond acceptors (Lipinski definition) is 3. The molecule has 1 aliphatic heterocycles. The highest BCUT2D eigenvalue weighted by Crippen LogP contribution is 2.34. The molecule has 0 bridgehead atoms. The van der Waals surface area contributed by atoms with Gasteiger partial charge in [0.05, 0.1) is 6.54 Å². The van der Waals surface area contributed by atoms with E-state index in [-0.39, 0.29) is 18.2 Å². The molecule has 142 valence electrons. The third kappa shape index (κ3) is 3.39. The average Bonchev–Trinajstić information content (AvgIpc) is 3.12. The molecule has 3 amide bonds. The Morgan fingerprint density at radius 3 is 2.44 bits per heavy atom. The molecule has 1 unspecified atom stereocenters. The van der Waals surface area contributed by atoms with E-state index in [1.54, 1.807) is 6.07 Å². The number of imide groups is 1. The third-order valence-electron chi connectivity index (χ3n) is 5.10. The van der Waals surface area contributed by atoms with Gasteiger partial charge in [0.25, 0.3) is 5.91 Å². The second-order valence-corrected chi connectivity index (χ2v) is 7.11. The van der Waals surface area contributed by atoms with Crippen LogP contribution in [0.15, 0.2) is 36.4 Å². The number of Topliss-reactive ketones (excluding diaryl/α,β-unsaturated/α-hetero) is 1. The smallest absolute Gasteiger partial charge is 0.325 e. The number of carbonyl (C=O) groups is 3. The van der Waals surface area contributed by atoms with Crippen molar-refractivity contribution in [3.63, 3.8) is 0 Å². The molecule has 0 aliphatic carbocycles. The molecule has 1 aliphatic rings. The molecule has 6 heteroatoms. The highest BCUT2D eigenvalue weighted by Gasteiger charge is 2.52. The van der Waals surface area contributed by atoms with Gasteiger partial charge in [-0.2, -0.15) is 0 Å². The summed E-state index contributed by atoms with van der Waals surface area (Å²) in [4.78, 5) is 42.7. The normalized spacial score (nSPS) is 19.4. The van der Waals surface area contributed by atoms with Crippen LogP contribution in [0.3, 0.4) is 0 Å². The van der Waals surface area contributed by atoms with Crippen LogP contribution in [-0.4, -0.2) is 34.2 Å². The van der Waals surface area contributed by atoms with E-state index < -0.39 is 11.6 Å². The van der Waals surface area contributed by atoms with Crippen molar-refractivity contribution in [1.29, 1.82) is 0 Å². The van der Waals surface area contributed by atoms with Crippen molar-refractivity contribution in [3.8, 4) is 0 Å².